The molecule has 0 radical (unpaired) electrons. The van der Waals surface area contributed by atoms with E-state index in [4.69, 9.17) is 19.4 Å². The molecule has 71 heavy (non-hydrogen) atoms. The van der Waals surface area contributed by atoms with Gasteiger partial charge < -0.3 is 39.9 Å². The molecule has 366 valence electrons. The first-order valence-corrected chi connectivity index (χ1v) is 25.5. The number of H-pyrrole nitrogens is 2. The van der Waals surface area contributed by atoms with Gasteiger partial charge in [0, 0.05) is 23.5 Å². The number of alkyl carbamates (subject to hydrolysis) is 2. The SMILES string of the molecule is COC(=O)N[C@H](C(=O)N1CCC[C@H]1c1ncc(-c2ccc3cc(-c4ccc5c(ccc6[nH]c([C@@H]7[C@H]8CC[C@H](C8)N7C(=O)[C@H](NC(=O)OC)c7cccc(C8CCCCC8)c7)nc65)c4)ccc3c2)[nH]1)C(C)C. The summed E-state index contributed by atoms with van der Waals surface area (Å²) in [6, 6.07) is 30.0. The summed E-state index contributed by atoms with van der Waals surface area (Å²) in [5.74, 6) is 1.86. The highest BCUT2D eigenvalue weighted by atomic mass is 16.5. The van der Waals surface area contributed by atoms with E-state index >= 15 is 0 Å². The van der Waals surface area contributed by atoms with Gasteiger partial charge in [0.15, 0.2) is 0 Å². The lowest BCUT2D eigenvalue weighted by molar-refractivity contribution is -0.138. The highest BCUT2D eigenvalue weighted by molar-refractivity contribution is 6.06. The molecule has 6 atom stereocenters. The van der Waals surface area contributed by atoms with Crippen LogP contribution in [0.25, 0.3) is 55.0 Å². The standard InChI is InChI=1S/C57H62N8O6/c1-32(2)48(62-56(68)70-3)54(66)64-25-9-14-47(64)52-58-31-46(60-52)40-18-17-36-26-35(15-16-37(36)28-40)38-20-23-44-39(27-38)21-24-45-50(44)61-53(59-45)51-42-19-22-43(30-42)65(51)55(67)49(63-57(69)71-4)41-13-8-12-34(29-41)33-10-6-5-7-11-33/h8,12-13,15-18,20-21,23-24,26-29,31-33,42-43,47-49,51H,5-7,9-11,14,19,22,25,30H2,1-4H3,(H,58,60)(H,59,61)(H,62,68)(H,63,69)/t42-,43+,47-,48-,49+,51-/m0/s1. The molecular formula is C57H62N8O6. The minimum atomic E-state index is -0.880. The van der Waals surface area contributed by atoms with Crippen molar-refractivity contribution in [2.45, 2.75) is 114 Å². The zero-order chi connectivity index (χ0) is 48.9. The molecule has 2 aliphatic carbocycles. The Hall–Kier alpha value is -7.22. The zero-order valence-corrected chi connectivity index (χ0v) is 40.9. The Kier molecular flexibility index (Phi) is 12.5. The van der Waals surface area contributed by atoms with Crippen molar-refractivity contribution in [1.82, 2.24) is 40.4 Å². The summed E-state index contributed by atoms with van der Waals surface area (Å²) in [5, 5.41) is 9.95. The highest BCUT2D eigenvalue weighted by Gasteiger charge is 2.51. The fraction of sp³-hybridized carbons (Fsp3) is 0.404. The molecule has 2 saturated heterocycles. The lowest BCUT2D eigenvalue weighted by Crippen LogP contribution is -2.51. The first-order chi connectivity index (χ1) is 34.5. The predicted octanol–water partition coefficient (Wildman–Crippen LogP) is 11.2. The highest BCUT2D eigenvalue weighted by Crippen LogP contribution is 2.51. The first kappa shape index (κ1) is 46.2. The average Bonchev–Trinajstić information content (AvgIpc) is 4.28. The number of likely N-dealkylation sites (tertiary alicyclic amines) is 2. The number of fused-ring (bicyclic) bond motifs is 6. The Morgan fingerprint density at radius 3 is 2.20 bits per heavy atom. The number of hydrogen-bond donors (Lipinski definition) is 4. The van der Waals surface area contributed by atoms with Crippen LogP contribution in [-0.2, 0) is 19.1 Å². The Labute approximate surface area is 413 Å². The van der Waals surface area contributed by atoms with Crippen molar-refractivity contribution in [3.05, 3.63) is 120 Å². The maximum absolute atomic E-state index is 14.9. The van der Waals surface area contributed by atoms with E-state index in [0.717, 1.165) is 117 Å². The second-order valence-electron chi connectivity index (χ2n) is 20.5. The molecule has 5 aromatic carbocycles. The van der Waals surface area contributed by atoms with E-state index < -0.39 is 24.3 Å². The van der Waals surface area contributed by atoms with Gasteiger partial charge in [0.05, 0.1) is 49.2 Å². The van der Waals surface area contributed by atoms with Crippen molar-refractivity contribution in [2.75, 3.05) is 20.8 Å². The van der Waals surface area contributed by atoms with Crippen molar-refractivity contribution in [2.24, 2.45) is 11.8 Å². The fourth-order valence-electron chi connectivity index (χ4n) is 12.3. The van der Waals surface area contributed by atoms with Gasteiger partial charge in [-0.3, -0.25) is 9.59 Å². The van der Waals surface area contributed by atoms with Gasteiger partial charge in [-0.15, -0.1) is 0 Å². The smallest absolute Gasteiger partial charge is 0.407 e. The summed E-state index contributed by atoms with van der Waals surface area (Å²) in [6.07, 6.45) is 11.0. The molecule has 4 fully saturated rings. The van der Waals surface area contributed by atoms with Crippen LogP contribution < -0.4 is 10.6 Å². The number of aromatic amines is 2. The van der Waals surface area contributed by atoms with Crippen LogP contribution in [0.5, 0.6) is 0 Å². The summed E-state index contributed by atoms with van der Waals surface area (Å²) < 4.78 is 9.87. The number of ether oxygens (including phenoxy) is 2. The molecule has 14 nitrogen and oxygen atoms in total. The molecule has 2 bridgehead atoms. The normalized spacial score (nSPS) is 21.0. The van der Waals surface area contributed by atoms with Gasteiger partial charge in [-0.1, -0.05) is 99.8 Å². The van der Waals surface area contributed by atoms with E-state index in [-0.39, 0.29) is 41.8 Å². The van der Waals surface area contributed by atoms with Gasteiger partial charge in [0.25, 0.3) is 5.91 Å². The van der Waals surface area contributed by atoms with E-state index in [1.165, 1.54) is 39.0 Å². The summed E-state index contributed by atoms with van der Waals surface area (Å²) >= 11 is 0. The van der Waals surface area contributed by atoms with Crippen LogP contribution in [0.1, 0.15) is 125 Å². The molecule has 2 aromatic heterocycles. The lowest BCUT2D eigenvalue weighted by Gasteiger charge is -2.37. The zero-order valence-electron chi connectivity index (χ0n) is 40.9. The van der Waals surface area contributed by atoms with Crippen LogP contribution in [0.15, 0.2) is 97.2 Å². The second kappa shape index (κ2) is 19.2. The number of nitrogens with one attached hydrogen (secondary N) is 4. The number of carbonyl (C=O) groups is 4. The molecule has 4 aliphatic rings. The van der Waals surface area contributed by atoms with Gasteiger partial charge in [-0.2, -0.15) is 0 Å². The number of rotatable bonds is 11. The third-order valence-corrected chi connectivity index (χ3v) is 15.9. The molecule has 4 amide bonds. The summed E-state index contributed by atoms with van der Waals surface area (Å²) in [6.45, 7) is 4.41. The van der Waals surface area contributed by atoms with Crippen molar-refractivity contribution in [1.29, 1.82) is 0 Å². The van der Waals surface area contributed by atoms with Crippen LogP contribution in [0.2, 0.25) is 0 Å². The third-order valence-electron chi connectivity index (χ3n) is 15.9. The molecule has 4 N–H and O–H groups in total. The predicted molar refractivity (Wildman–Crippen MR) is 273 cm³/mol. The first-order valence-electron chi connectivity index (χ1n) is 25.5. The van der Waals surface area contributed by atoms with Gasteiger partial charge in [-0.05, 0) is 125 Å². The van der Waals surface area contributed by atoms with E-state index in [0.29, 0.717) is 12.5 Å². The Morgan fingerprint density at radius 1 is 0.704 bits per heavy atom. The van der Waals surface area contributed by atoms with Crippen molar-refractivity contribution in [3.8, 4) is 22.4 Å². The quantitative estimate of drug-likeness (QED) is 0.0991. The number of carbonyl (C=O) groups excluding carboxylic acids is 4. The molecular weight excluding hydrogens is 893 g/mol. The monoisotopic (exact) mass is 954 g/mol. The summed E-state index contributed by atoms with van der Waals surface area (Å²) in [7, 11) is 2.64. The number of piperidine rings is 1. The van der Waals surface area contributed by atoms with E-state index in [9.17, 15) is 19.2 Å². The number of benzene rings is 5. The minimum absolute atomic E-state index is 0.0647. The van der Waals surface area contributed by atoms with Crippen LogP contribution >= 0.6 is 0 Å². The Bertz CT molecular complexity index is 3170. The summed E-state index contributed by atoms with van der Waals surface area (Å²) in [5.41, 5.74) is 7.87. The molecule has 2 saturated carbocycles. The number of methoxy groups -OCH3 is 2. The van der Waals surface area contributed by atoms with Crippen molar-refractivity contribution < 1.29 is 28.7 Å². The largest absolute Gasteiger partial charge is 0.453 e. The van der Waals surface area contributed by atoms with E-state index in [2.05, 4.69) is 99.5 Å². The molecule has 4 heterocycles. The fourth-order valence-corrected chi connectivity index (χ4v) is 12.3. The number of hydrogen-bond acceptors (Lipinski definition) is 8. The van der Waals surface area contributed by atoms with Gasteiger partial charge in [-0.25, -0.2) is 19.6 Å². The molecule has 0 spiro atoms. The van der Waals surface area contributed by atoms with Gasteiger partial charge >= 0.3 is 12.2 Å². The Balaban J connectivity index is 0.828. The topological polar surface area (TPSA) is 175 Å². The number of amides is 4. The number of aromatic nitrogens is 4. The third kappa shape index (κ3) is 8.75. The summed E-state index contributed by atoms with van der Waals surface area (Å²) in [4.78, 5) is 74.6. The number of nitrogens with zero attached hydrogens (tertiary/aromatic N) is 4. The minimum Gasteiger partial charge on any atom is -0.453 e. The van der Waals surface area contributed by atoms with Crippen LogP contribution in [0.4, 0.5) is 9.59 Å². The average molecular weight is 955 g/mol. The molecule has 0 unspecified atom stereocenters. The van der Waals surface area contributed by atoms with Crippen LogP contribution in [0.3, 0.4) is 0 Å². The molecule has 2 aliphatic heterocycles. The lowest BCUT2D eigenvalue weighted by atomic mass is 9.83. The maximum atomic E-state index is 14.9. The van der Waals surface area contributed by atoms with Crippen molar-refractivity contribution in [3.63, 3.8) is 0 Å². The second-order valence-corrected chi connectivity index (χ2v) is 20.5. The van der Waals surface area contributed by atoms with Crippen molar-refractivity contribution >= 4 is 56.6 Å². The maximum Gasteiger partial charge on any atom is 0.407 e. The van der Waals surface area contributed by atoms with Gasteiger partial charge in [0.1, 0.15) is 23.7 Å². The van der Waals surface area contributed by atoms with Crippen LogP contribution in [-0.4, -0.2) is 86.6 Å². The number of imidazole rings is 2. The Morgan fingerprint density at radius 2 is 1.42 bits per heavy atom. The van der Waals surface area contributed by atoms with E-state index in [1.807, 2.05) is 42.0 Å². The van der Waals surface area contributed by atoms with Gasteiger partial charge in [0.2, 0.25) is 5.91 Å². The molecule has 14 heteroatoms. The van der Waals surface area contributed by atoms with E-state index in [1.54, 1.807) is 0 Å². The van der Waals surface area contributed by atoms with Crippen LogP contribution in [0, 0.1) is 11.8 Å². The molecule has 11 rings (SSSR count). The molecule has 7 aromatic rings.